The number of carbonyl (C=O) groups excluding carboxylic acids is 4. The lowest BCUT2D eigenvalue weighted by molar-refractivity contribution is -0.161. The van der Waals surface area contributed by atoms with E-state index in [2.05, 4.69) is 72.8 Å². The Morgan fingerprint density at radius 1 is 0.316 bits per heavy atom. The van der Waals surface area contributed by atoms with Crippen molar-refractivity contribution in [3.8, 4) is 0 Å². The van der Waals surface area contributed by atoms with Crippen LogP contribution in [-0.2, 0) is 65.4 Å². The molecule has 0 aliphatic rings. The van der Waals surface area contributed by atoms with Gasteiger partial charge < -0.3 is 33.8 Å². The highest BCUT2D eigenvalue weighted by Gasteiger charge is 2.30. The van der Waals surface area contributed by atoms with Gasteiger partial charge in [-0.15, -0.1) is 0 Å². The molecular weight excluding hydrogens is 1280 g/mol. The van der Waals surface area contributed by atoms with Gasteiger partial charge in [0, 0.05) is 25.7 Å². The van der Waals surface area contributed by atoms with E-state index in [1.54, 1.807) is 0 Å². The molecule has 0 aliphatic carbocycles. The highest BCUT2D eigenvalue weighted by atomic mass is 31.2. The number of aliphatic hydroxyl groups is 1. The predicted octanol–water partition coefficient (Wildman–Crippen LogP) is 22.9. The number of phosphoric ester groups is 2. The Morgan fingerprint density at radius 3 is 0.827 bits per heavy atom. The normalized spacial score (nSPS) is 14.2. The lowest BCUT2D eigenvalue weighted by atomic mass is 10.0. The summed E-state index contributed by atoms with van der Waals surface area (Å²) < 4.78 is 68.5. The molecule has 0 rings (SSSR count). The Hall–Kier alpha value is -2.46. The van der Waals surface area contributed by atoms with Gasteiger partial charge in [-0.3, -0.25) is 37.3 Å². The molecular formula is C79H150O17P2. The predicted molar refractivity (Wildman–Crippen MR) is 400 cm³/mol. The van der Waals surface area contributed by atoms with Gasteiger partial charge in [0.15, 0.2) is 12.2 Å². The summed E-state index contributed by atoms with van der Waals surface area (Å²) in [5.74, 6) is 0.117. The van der Waals surface area contributed by atoms with Crippen molar-refractivity contribution in [2.75, 3.05) is 39.6 Å². The molecule has 3 unspecified atom stereocenters. The van der Waals surface area contributed by atoms with Crippen LogP contribution in [0.2, 0.25) is 0 Å². The van der Waals surface area contributed by atoms with Crippen LogP contribution in [0.15, 0.2) is 24.3 Å². The van der Waals surface area contributed by atoms with E-state index in [1.165, 1.54) is 173 Å². The summed E-state index contributed by atoms with van der Waals surface area (Å²) >= 11 is 0. The Kier molecular flexibility index (Phi) is 67.2. The van der Waals surface area contributed by atoms with Crippen molar-refractivity contribution in [1.82, 2.24) is 0 Å². The van der Waals surface area contributed by atoms with E-state index in [9.17, 15) is 43.2 Å². The second-order valence-electron chi connectivity index (χ2n) is 29.2. The van der Waals surface area contributed by atoms with Crippen LogP contribution in [0.3, 0.4) is 0 Å². The first kappa shape index (κ1) is 95.5. The smallest absolute Gasteiger partial charge is 0.462 e. The van der Waals surface area contributed by atoms with Crippen molar-refractivity contribution in [3.63, 3.8) is 0 Å². The van der Waals surface area contributed by atoms with E-state index in [0.717, 1.165) is 121 Å². The summed E-state index contributed by atoms with van der Waals surface area (Å²) in [5.41, 5.74) is 0. The number of allylic oxidation sites excluding steroid dienone is 4. The van der Waals surface area contributed by atoms with E-state index in [-0.39, 0.29) is 25.7 Å². The summed E-state index contributed by atoms with van der Waals surface area (Å²) in [6.07, 6.45) is 59.3. The molecule has 0 aromatic carbocycles. The average Bonchev–Trinajstić information content (AvgIpc) is 0.940. The maximum atomic E-state index is 13.1. The molecule has 0 amide bonds. The zero-order valence-corrected chi connectivity index (χ0v) is 65.5. The molecule has 3 N–H and O–H groups in total. The number of rotatable bonds is 75. The number of aliphatic hydroxyl groups excluding tert-OH is 1. The van der Waals surface area contributed by atoms with Crippen molar-refractivity contribution in [3.05, 3.63) is 24.3 Å². The molecule has 0 aromatic heterocycles. The van der Waals surface area contributed by atoms with Crippen molar-refractivity contribution in [2.45, 2.75) is 401 Å². The molecule has 5 atom stereocenters. The molecule has 0 heterocycles. The highest BCUT2D eigenvalue weighted by molar-refractivity contribution is 7.47. The number of esters is 4. The summed E-state index contributed by atoms with van der Waals surface area (Å²) in [4.78, 5) is 72.9. The van der Waals surface area contributed by atoms with Crippen LogP contribution < -0.4 is 0 Å². The molecule has 0 saturated carbocycles. The van der Waals surface area contributed by atoms with Crippen LogP contribution in [0, 0.1) is 17.8 Å². The van der Waals surface area contributed by atoms with Crippen molar-refractivity contribution in [1.29, 1.82) is 0 Å². The van der Waals surface area contributed by atoms with E-state index in [0.29, 0.717) is 31.6 Å². The van der Waals surface area contributed by atoms with Crippen LogP contribution in [0.1, 0.15) is 382 Å². The Labute approximate surface area is 599 Å². The molecule has 0 aliphatic heterocycles. The minimum atomic E-state index is -4.97. The molecule has 98 heavy (non-hydrogen) atoms. The fourth-order valence-electron chi connectivity index (χ4n) is 11.6. The van der Waals surface area contributed by atoms with Crippen molar-refractivity contribution < 1.29 is 80.2 Å². The van der Waals surface area contributed by atoms with Crippen LogP contribution in [0.4, 0.5) is 0 Å². The number of hydrogen-bond acceptors (Lipinski definition) is 15. The first-order chi connectivity index (χ1) is 47.2. The number of ether oxygens (including phenoxy) is 4. The van der Waals surface area contributed by atoms with Crippen LogP contribution in [-0.4, -0.2) is 96.7 Å². The quantitative estimate of drug-likeness (QED) is 0.0169. The molecule has 578 valence electrons. The Bertz CT molecular complexity index is 2000. The standard InChI is InChI=1S/C79H150O17P2/c1-8-9-10-11-12-13-14-15-20-24-27-32-40-48-55-62-78(83)95-74(66-89-76(81)60-53-46-39-34-29-31-37-44-51-58-71(4)5)68-93-97(85,86)91-64-73(80)65-92-98(87,88)94-69-75(67-90-77(82)61-54-47-42-35-38-45-52-59-72(6)7)96-79(84)63-56-49-41-33-28-25-22-19-17-16-18-21-23-26-30-36-43-50-57-70(2)3/h13-15,20,70-75,80H,8-12,16-19,21-69H2,1-7H3,(H,85,86)(H,87,88)/b14-13-,20-15-/t73?,74-,75-/m1/s1. The molecule has 0 bridgehead atoms. The number of phosphoric acid groups is 2. The average molecular weight is 1430 g/mol. The zero-order chi connectivity index (χ0) is 72.3. The molecule has 0 fully saturated rings. The summed E-state index contributed by atoms with van der Waals surface area (Å²) in [7, 11) is -9.93. The van der Waals surface area contributed by atoms with E-state index in [4.69, 9.17) is 37.0 Å². The van der Waals surface area contributed by atoms with E-state index >= 15 is 0 Å². The minimum absolute atomic E-state index is 0.0844. The van der Waals surface area contributed by atoms with Crippen molar-refractivity contribution >= 4 is 39.5 Å². The number of carbonyl (C=O) groups is 4. The van der Waals surface area contributed by atoms with Crippen molar-refractivity contribution in [2.24, 2.45) is 17.8 Å². The molecule has 0 aromatic rings. The third-order valence-electron chi connectivity index (χ3n) is 17.8. The molecule has 0 spiro atoms. The minimum Gasteiger partial charge on any atom is -0.462 e. The molecule has 0 saturated heterocycles. The first-order valence-corrected chi connectivity index (χ1v) is 43.2. The largest absolute Gasteiger partial charge is 0.472 e. The topological polar surface area (TPSA) is 237 Å². The second kappa shape index (κ2) is 68.9. The lowest BCUT2D eigenvalue weighted by Crippen LogP contribution is -2.30. The summed E-state index contributed by atoms with van der Waals surface area (Å²) in [6, 6.07) is 0. The third kappa shape index (κ3) is 71.9. The molecule has 0 radical (unpaired) electrons. The van der Waals surface area contributed by atoms with Gasteiger partial charge in [0.05, 0.1) is 26.4 Å². The van der Waals surface area contributed by atoms with Gasteiger partial charge in [-0.05, 0) is 69.1 Å². The van der Waals surface area contributed by atoms with Crippen LogP contribution >= 0.6 is 15.6 Å². The van der Waals surface area contributed by atoms with E-state index in [1.807, 2.05) is 0 Å². The van der Waals surface area contributed by atoms with Gasteiger partial charge >= 0.3 is 39.5 Å². The second-order valence-corrected chi connectivity index (χ2v) is 32.1. The Morgan fingerprint density at radius 2 is 0.551 bits per heavy atom. The molecule has 17 nitrogen and oxygen atoms in total. The highest BCUT2D eigenvalue weighted by Crippen LogP contribution is 2.45. The number of hydrogen-bond donors (Lipinski definition) is 3. The molecule has 19 heteroatoms. The fourth-order valence-corrected chi connectivity index (χ4v) is 13.2. The van der Waals surface area contributed by atoms with E-state index < -0.39 is 97.5 Å². The van der Waals surface area contributed by atoms with Gasteiger partial charge in [0.2, 0.25) is 0 Å². The van der Waals surface area contributed by atoms with Crippen LogP contribution in [0.5, 0.6) is 0 Å². The van der Waals surface area contributed by atoms with Gasteiger partial charge in [0.1, 0.15) is 19.3 Å². The SMILES string of the molecule is CCCCCC/C=C\C=C/CCCCCCCC(=O)O[C@H](COC(=O)CCCCCCCCCCCC(C)C)COP(=O)(O)OCC(O)COP(=O)(O)OC[C@@H](COC(=O)CCCCCCCCCC(C)C)OC(=O)CCCCCCCCCCCCCCCCCCCCC(C)C. The van der Waals surface area contributed by atoms with Gasteiger partial charge in [0.25, 0.3) is 0 Å². The number of unbranched alkanes of at least 4 members (excludes halogenated alkanes) is 40. The fraction of sp³-hybridized carbons (Fsp3) is 0.899. The van der Waals surface area contributed by atoms with Gasteiger partial charge in [-0.25, -0.2) is 9.13 Å². The monoisotopic (exact) mass is 1430 g/mol. The Balaban J connectivity index is 5.23. The van der Waals surface area contributed by atoms with Gasteiger partial charge in [-0.2, -0.15) is 0 Å². The summed E-state index contributed by atoms with van der Waals surface area (Å²) in [6.45, 7) is 11.8. The third-order valence-corrected chi connectivity index (χ3v) is 19.7. The van der Waals surface area contributed by atoms with Gasteiger partial charge in [-0.1, -0.05) is 330 Å². The maximum Gasteiger partial charge on any atom is 0.472 e. The maximum absolute atomic E-state index is 13.1. The van der Waals surface area contributed by atoms with Crippen LogP contribution in [0.25, 0.3) is 0 Å². The first-order valence-electron chi connectivity index (χ1n) is 40.2. The summed E-state index contributed by atoms with van der Waals surface area (Å²) in [5, 5.41) is 10.6. The zero-order valence-electron chi connectivity index (χ0n) is 63.7. The lowest BCUT2D eigenvalue weighted by Gasteiger charge is -2.21.